The Morgan fingerprint density at radius 3 is 2.60 bits per heavy atom. The first-order chi connectivity index (χ1) is 7.04. The number of halogens is 1. The molecule has 1 aromatic rings. The summed E-state index contributed by atoms with van der Waals surface area (Å²) >= 11 is 0. The molecule has 0 spiro atoms. The Labute approximate surface area is 89.1 Å². The highest BCUT2D eigenvalue weighted by molar-refractivity contribution is 5.78. The second-order valence-electron chi connectivity index (χ2n) is 3.51. The standard InChI is InChI=1S/C12H15FO2/c1-4-15-10-5-8(2)11(6-9(3)14)12(13)7-10/h5,7H,4,6H2,1-3H3. The summed E-state index contributed by atoms with van der Waals surface area (Å²) in [6, 6.07) is 3.08. The van der Waals surface area contributed by atoms with Crippen LogP contribution in [0.1, 0.15) is 25.0 Å². The molecule has 0 aliphatic carbocycles. The van der Waals surface area contributed by atoms with Crippen LogP contribution in [0.25, 0.3) is 0 Å². The van der Waals surface area contributed by atoms with Gasteiger partial charge in [0, 0.05) is 12.5 Å². The zero-order chi connectivity index (χ0) is 11.4. The number of ketones is 1. The summed E-state index contributed by atoms with van der Waals surface area (Å²) in [5.74, 6) is 0.106. The van der Waals surface area contributed by atoms with E-state index in [0.717, 1.165) is 5.56 Å². The van der Waals surface area contributed by atoms with E-state index in [4.69, 9.17) is 4.74 Å². The molecule has 0 aromatic heterocycles. The fourth-order valence-corrected chi connectivity index (χ4v) is 1.47. The van der Waals surface area contributed by atoms with Gasteiger partial charge in [-0.2, -0.15) is 0 Å². The van der Waals surface area contributed by atoms with E-state index in [1.54, 1.807) is 13.0 Å². The van der Waals surface area contributed by atoms with E-state index in [-0.39, 0.29) is 18.0 Å². The molecule has 0 fully saturated rings. The maximum atomic E-state index is 13.6. The quantitative estimate of drug-likeness (QED) is 0.763. The van der Waals surface area contributed by atoms with E-state index in [2.05, 4.69) is 0 Å². The van der Waals surface area contributed by atoms with Crippen molar-refractivity contribution in [1.82, 2.24) is 0 Å². The highest BCUT2D eigenvalue weighted by Crippen LogP contribution is 2.21. The molecule has 1 aromatic carbocycles. The summed E-state index contributed by atoms with van der Waals surface area (Å²) in [5, 5.41) is 0. The number of rotatable bonds is 4. The minimum absolute atomic E-state index is 0.0406. The summed E-state index contributed by atoms with van der Waals surface area (Å²) in [7, 11) is 0. The smallest absolute Gasteiger partial charge is 0.134 e. The first kappa shape index (κ1) is 11.7. The molecule has 2 nitrogen and oxygen atoms in total. The maximum absolute atomic E-state index is 13.6. The summed E-state index contributed by atoms with van der Waals surface area (Å²) in [5.41, 5.74) is 1.22. The van der Waals surface area contributed by atoms with Crippen LogP contribution in [-0.2, 0) is 11.2 Å². The Morgan fingerprint density at radius 1 is 1.47 bits per heavy atom. The number of ether oxygens (including phenoxy) is 1. The van der Waals surface area contributed by atoms with E-state index in [9.17, 15) is 9.18 Å². The van der Waals surface area contributed by atoms with Gasteiger partial charge in [0.2, 0.25) is 0 Å². The molecule has 0 amide bonds. The molecule has 0 saturated heterocycles. The SMILES string of the molecule is CCOc1cc(C)c(CC(C)=O)c(F)c1. The van der Waals surface area contributed by atoms with Crippen LogP contribution in [0.4, 0.5) is 4.39 Å². The second-order valence-corrected chi connectivity index (χ2v) is 3.51. The average molecular weight is 210 g/mol. The number of hydrogen-bond acceptors (Lipinski definition) is 2. The molecule has 0 radical (unpaired) electrons. The highest BCUT2D eigenvalue weighted by Gasteiger charge is 2.10. The van der Waals surface area contributed by atoms with E-state index in [1.807, 2.05) is 6.92 Å². The topological polar surface area (TPSA) is 26.3 Å². The number of benzene rings is 1. The van der Waals surface area contributed by atoms with Gasteiger partial charge in [-0.3, -0.25) is 4.79 Å². The Bertz CT molecular complexity index is 349. The van der Waals surface area contributed by atoms with Gasteiger partial charge in [0.15, 0.2) is 0 Å². The van der Waals surface area contributed by atoms with Crippen molar-refractivity contribution < 1.29 is 13.9 Å². The van der Waals surface area contributed by atoms with E-state index < -0.39 is 0 Å². The molecule has 82 valence electrons. The van der Waals surface area contributed by atoms with Crippen molar-refractivity contribution in [3.05, 3.63) is 29.1 Å². The fourth-order valence-electron chi connectivity index (χ4n) is 1.47. The lowest BCUT2D eigenvalue weighted by molar-refractivity contribution is -0.116. The maximum Gasteiger partial charge on any atom is 0.134 e. The van der Waals surface area contributed by atoms with Crippen LogP contribution in [0.15, 0.2) is 12.1 Å². The van der Waals surface area contributed by atoms with Crippen LogP contribution in [0.3, 0.4) is 0 Å². The van der Waals surface area contributed by atoms with Crippen molar-refractivity contribution >= 4 is 5.78 Å². The third-order valence-electron chi connectivity index (χ3n) is 2.13. The summed E-state index contributed by atoms with van der Waals surface area (Å²) in [6.45, 7) is 5.58. The second kappa shape index (κ2) is 4.91. The predicted octanol–water partition coefficient (Wildman–Crippen LogP) is 2.66. The predicted molar refractivity (Wildman–Crippen MR) is 56.7 cm³/mol. The first-order valence-electron chi connectivity index (χ1n) is 4.95. The molecule has 0 aliphatic rings. The molecular formula is C12H15FO2. The van der Waals surface area contributed by atoms with Gasteiger partial charge >= 0.3 is 0 Å². The zero-order valence-corrected chi connectivity index (χ0v) is 9.26. The summed E-state index contributed by atoms with van der Waals surface area (Å²) in [6.07, 6.45) is 0.143. The number of carbonyl (C=O) groups is 1. The van der Waals surface area contributed by atoms with Gasteiger partial charge in [-0.05, 0) is 38.0 Å². The summed E-state index contributed by atoms with van der Waals surface area (Å²) in [4.78, 5) is 10.9. The van der Waals surface area contributed by atoms with E-state index in [0.29, 0.717) is 17.9 Å². The lowest BCUT2D eigenvalue weighted by atomic mass is 10.0. The number of carbonyl (C=O) groups excluding carboxylic acids is 1. The third kappa shape index (κ3) is 3.05. The third-order valence-corrected chi connectivity index (χ3v) is 2.13. The molecule has 0 heterocycles. The fraction of sp³-hybridized carbons (Fsp3) is 0.417. The average Bonchev–Trinajstić information content (AvgIpc) is 2.11. The van der Waals surface area contributed by atoms with Crippen LogP contribution < -0.4 is 4.74 Å². The molecule has 0 atom stereocenters. The molecule has 1 rings (SSSR count). The Kier molecular flexibility index (Phi) is 3.83. The normalized spacial score (nSPS) is 10.1. The van der Waals surface area contributed by atoms with E-state index >= 15 is 0 Å². The molecule has 0 aliphatic heterocycles. The molecular weight excluding hydrogens is 195 g/mol. The van der Waals surface area contributed by atoms with Gasteiger partial charge in [0.05, 0.1) is 6.61 Å². The number of Topliss-reactive ketones (excluding diaryl/α,β-unsaturated/α-hetero) is 1. The van der Waals surface area contributed by atoms with Gasteiger partial charge in [-0.25, -0.2) is 4.39 Å². The number of hydrogen-bond donors (Lipinski definition) is 0. The monoisotopic (exact) mass is 210 g/mol. The largest absolute Gasteiger partial charge is 0.494 e. The van der Waals surface area contributed by atoms with Gasteiger partial charge in [0.25, 0.3) is 0 Å². The molecule has 0 bridgehead atoms. The summed E-state index contributed by atoms with van der Waals surface area (Å²) < 4.78 is 18.8. The van der Waals surface area contributed by atoms with Crippen LogP contribution >= 0.6 is 0 Å². The van der Waals surface area contributed by atoms with Crippen molar-refractivity contribution in [3.8, 4) is 5.75 Å². The van der Waals surface area contributed by atoms with Crippen LogP contribution in [0, 0.1) is 12.7 Å². The van der Waals surface area contributed by atoms with Crippen LogP contribution in [0.5, 0.6) is 5.75 Å². The Hall–Kier alpha value is -1.38. The Morgan fingerprint density at radius 2 is 2.13 bits per heavy atom. The van der Waals surface area contributed by atoms with Crippen molar-refractivity contribution in [2.45, 2.75) is 27.2 Å². The zero-order valence-electron chi connectivity index (χ0n) is 9.26. The van der Waals surface area contributed by atoms with E-state index in [1.165, 1.54) is 13.0 Å². The molecule has 0 unspecified atom stereocenters. The number of aryl methyl sites for hydroxylation is 1. The lowest BCUT2D eigenvalue weighted by Gasteiger charge is -2.09. The van der Waals surface area contributed by atoms with Gasteiger partial charge in [-0.15, -0.1) is 0 Å². The van der Waals surface area contributed by atoms with Crippen molar-refractivity contribution in [1.29, 1.82) is 0 Å². The van der Waals surface area contributed by atoms with Crippen molar-refractivity contribution in [3.63, 3.8) is 0 Å². The molecule has 0 N–H and O–H groups in total. The van der Waals surface area contributed by atoms with Crippen LogP contribution in [-0.4, -0.2) is 12.4 Å². The molecule has 3 heteroatoms. The van der Waals surface area contributed by atoms with Gasteiger partial charge in [0.1, 0.15) is 17.3 Å². The van der Waals surface area contributed by atoms with Crippen LogP contribution in [0.2, 0.25) is 0 Å². The lowest BCUT2D eigenvalue weighted by Crippen LogP contribution is -2.03. The minimum atomic E-state index is -0.367. The highest BCUT2D eigenvalue weighted by atomic mass is 19.1. The first-order valence-corrected chi connectivity index (χ1v) is 4.95. The molecule has 15 heavy (non-hydrogen) atoms. The molecule has 0 saturated carbocycles. The van der Waals surface area contributed by atoms with Crippen molar-refractivity contribution in [2.24, 2.45) is 0 Å². The van der Waals surface area contributed by atoms with Crippen molar-refractivity contribution in [2.75, 3.05) is 6.61 Å². The minimum Gasteiger partial charge on any atom is -0.494 e. The van der Waals surface area contributed by atoms with Gasteiger partial charge in [-0.1, -0.05) is 0 Å². The Balaban J connectivity index is 3.03. The van der Waals surface area contributed by atoms with Gasteiger partial charge < -0.3 is 4.74 Å².